The summed E-state index contributed by atoms with van der Waals surface area (Å²) < 4.78 is 0. The van der Waals surface area contributed by atoms with Crippen molar-refractivity contribution in [2.24, 2.45) is 0 Å². The third-order valence-corrected chi connectivity index (χ3v) is 5.34. The summed E-state index contributed by atoms with van der Waals surface area (Å²) in [6.07, 6.45) is 8.24. The summed E-state index contributed by atoms with van der Waals surface area (Å²) in [4.78, 5) is 44.8. The number of aromatic nitrogens is 5. The number of nitrogens with one attached hydrogen (secondary N) is 2. The summed E-state index contributed by atoms with van der Waals surface area (Å²) in [5.74, 6) is 0.571. The van der Waals surface area contributed by atoms with Gasteiger partial charge in [0.2, 0.25) is 5.91 Å². The van der Waals surface area contributed by atoms with Gasteiger partial charge in [0, 0.05) is 48.9 Å². The van der Waals surface area contributed by atoms with Crippen LogP contribution in [0.25, 0.3) is 11.4 Å². The van der Waals surface area contributed by atoms with Gasteiger partial charge in [-0.05, 0) is 25.0 Å². The minimum Gasteiger partial charge on any atom is -0.348 e. The van der Waals surface area contributed by atoms with Crippen LogP contribution < -0.4 is 5.56 Å². The molecule has 0 aromatic carbocycles. The minimum absolute atomic E-state index is 0.0339. The predicted molar refractivity (Wildman–Crippen MR) is 104 cm³/mol. The van der Waals surface area contributed by atoms with Crippen LogP contribution in [0.5, 0.6) is 0 Å². The maximum Gasteiger partial charge on any atom is 0.270 e. The van der Waals surface area contributed by atoms with Crippen LogP contribution in [0.1, 0.15) is 30.1 Å². The molecule has 0 unspecified atom stereocenters. The van der Waals surface area contributed by atoms with E-state index in [2.05, 4.69) is 24.9 Å². The smallest absolute Gasteiger partial charge is 0.270 e. The molecule has 0 radical (unpaired) electrons. The van der Waals surface area contributed by atoms with Crippen molar-refractivity contribution in [3.05, 3.63) is 63.8 Å². The fourth-order valence-electron chi connectivity index (χ4n) is 3.45. The van der Waals surface area contributed by atoms with E-state index in [1.165, 1.54) is 0 Å². The van der Waals surface area contributed by atoms with Crippen LogP contribution in [-0.2, 0) is 11.2 Å². The zero-order chi connectivity index (χ0) is 19.5. The minimum atomic E-state index is -0.351. The number of halogens is 1. The van der Waals surface area contributed by atoms with Crippen molar-refractivity contribution >= 4 is 17.5 Å². The zero-order valence-electron chi connectivity index (χ0n) is 15.1. The van der Waals surface area contributed by atoms with Gasteiger partial charge in [0.25, 0.3) is 5.56 Å². The second kappa shape index (κ2) is 7.93. The van der Waals surface area contributed by atoms with Gasteiger partial charge in [0.1, 0.15) is 10.8 Å². The fraction of sp³-hybridized carbons (Fsp3) is 0.316. The lowest BCUT2D eigenvalue weighted by molar-refractivity contribution is -0.131. The highest BCUT2D eigenvalue weighted by molar-refractivity contribution is 6.31. The van der Waals surface area contributed by atoms with Crippen molar-refractivity contribution in [3.63, 3.8) is 0 Å². The van der Waals surface area contributed by atoms with Gasteiger partial charge >= 0.3 is 0 Å². The van der Waals surface area contributed by atoms with E-state index in [0.717, 1.165) is 11.3 Å². The van der Waals surface area contributed by atoms with Gasteiger partial charge in [-0.1, -0.05) is 11.6 Å². The highest BCUT2D eigenvalue weighted by Crippen LogP contribution is 2.31. The molecule has 1 aliphatic heterocycles. The SMILES string of the molecule is O=C(Cc1cnc[nH]1)N1CCC(c2nc(-c3ccncc3)[nH]c(=O)c2Cl)CC1. The molecule has 0 spiro atoms. The Morgan fingerprint density at radius 3 is 2.64 bits per heavy atom. The highest BCUT2D eigenvalue weighted by Gasteiger charge is 2.27. The number of pyridine rings is 1. The molecule has 0 aliphatic carbocycles. The fourth-order valence-corrected chi connectivity index (χ4v) is 3.70. The van der Waals surface area contributed by atoms with E-state index >= 15 is 0 Å². The van der Waals surface area contributed by atoms with Gasteiger partial charge in [0.15, 0.2) is 0 Å². The summed E-state index contributed by atoms with van der Waals surface area (Å²) in [5.41, 5.74) is 1.82. The van der Waals surface area contributed by atoms with Gasteiger partial charge in [0.05, 0.1) is 18.4 Å². The van der Waals surface area contributed by atoms with Crippen LogP contribution >= 0.6 is 11.6 Å². The molecule has 1 saturated heterocycles. The van der Waals surface area contributed by atoms with Crippen molar-refractivity contribution in [1.82, 2.24) is 29.8 Å². The van der Waals surface area contributed by atoms with E-state index in [4.69, 9.17) is 11.6 Å². The molecule has 8 nitrogen and oxygen atoms in total. The average molecular weight is 399 g/mol. The van der Waals surface area contributed by atoms with Crippen LogP contribution in [-0.4, -0.2) is 48.8 Å². The highest BCUT2D eigenvalue weighted by atomic mass is 35.5. The zero-order valence-corrected chi connectivity index (χ0v) is 15.8. The van der Waals surface area contributed by atoms with E-state index in [1.807, 2.05) is 4.90 Å². The van der Waals surface area contributed by atoms with Gasteiger partial charge < -0.3 is 14.9 Å². The first-order valence-electron chi connectivity index (χ1n) is 9.07. The number of nitrogens with zero attached hydrogens (tertiary/aromatic N) is 4. The topological polar surface area (TPSA) is 108 Å². The maximum atomic E-state index is 12.4. The monoisotopic (exact) mass is 398 g/mol. The van der Waals surface area contributed by atoms with Crippen LogP contribution in [0.4, 0.5) is 0 Å². The Kier molecular flexibility index (Phi) is 5.21. The summed E-state index contributed by atoms with van der Waals surface area (Å²) in [6.45, 7) is 1.21. The Morgan fingerprint density at radius 2 is 1.96 bits per heavy atom. The van der Waals surface area contributed by atoms with Gasteiger partial charge in [-0.25, -0.2) is 9.97 Å². The molecule has 2 N–H and O–H groups in total. The van der Waals surface area contributed by atoms with Crippen molar-refractivity contribution in [1.29, 1.82) is 0 Å². The number of amides is 1. The predicted octanol–water partition coefficient (Wildman–Crippen LogP) is 2.16. The van der Waals surface area contributed by atoms with Gasteiger partial charge in [-0.2, -0.15) is 0 Å². The van der Waals surface area contributed by atoms with E-state index in [9.17, 15) is 9.59 Å². The number of piperidine rings is 1. The van der Waals surface area contributed by atoms with Crippen LogP contribution in [0.2, 0.25) is 5.02 Å². The molecule has 1 fully saturated rings. The Balaban J connectivity index is 1.49. The Bertz CT molecular complexity index is 1010. The van der Waals surface area contributed by atoms with Crippen LogP contribution in [0.3, 0.4) is 0 Å². The summed E-state index contributed by atoms with van der Waals surface area (Å²) in [6, 6.07) is 3.57. The van der Waals surface area contributed by atoms with Crippen LogP contribution in [0.15, 0.2) is 41.8 Å². The molecule has 1 amide bonds. The number of carbonyl (C=O) groups is 1. The van der Waals surface area contributed by atoms with Gasteiger partial charge in [-0.15, -0.1) is 0 Å². The molecule has 3 aromatic heterocycles. The van der Waals surface area contributed by atoms with E-state index in [1.54, 1.807) is 37.1 Å². The number of imidazole rings is 1. The molecule has 144 valence electrons. The second-order valence-corrected chi connectivity index (χ2v) is 7.14. The molecular formula is C19H19ClN6O2. The quantitative estimate of drug-likeness (QED) is 0.700. The number of H-pyrrole nitrogens is 2. The number of hydrogen-bond acceptors (Lipinski definition) is 5. The average Bonchev–Trinajstić information content (AvgIpc) is 3.24. The lowest BCUT2D eigenvalue weighted by Crippen LogP contribution is -2.39. The molecule has 0 bridgehead atoms. The molecule has 1 aliphatic rings. The summed E-state index contributed by atoms with van der Waals surface area (Å²) in [5, 5.41) is 0.125. The number of hydrogen-bond donors (Lipinski definition) is 2. The lowest BCUT2D eigenvalue weighted by atomic mass is 9.93. The van der Waals surface area contributed by atoms with E-state index in [0.29, 0.717) is 43.9 Å². The molecule has 3 aromatic rings. The molecular weight excluding hydrogens is 380 g/mol. The largest absolute Gasteiger partial charge is 0.348 e. The normalized spacial score (nSPS) is 15.0. The maximum absolute atomic E-state index is 12.4. The first-order chi connectivity index (χ1) is 13.6. The third kappa shape index (κ3) is 3.82. The lowest BCUT2D eigenvalue weighted by Gasteiger charge is -2.32. The second-order valence-electron chi connectivity index (χ2n) is 6.76. The Morgan fingerprint density at radius 1 is 1.21 bits per heavy atom. The Hall–Kier alpha value is -3.00. The summed E-state index contributed by atoms with van der Waals surface area (Å²) in [7, 11) is 0. The molecule has 9 heteroatoms. The molecule has 28 heavy (non-hydrogen) atoms. The molecule has 4 rings (SSSR count). The molecule has 0 saturated carbocycles. The van der Waals surface area contributed by atoms with Crippen LogP contribution in [0, 0.1) is 0 Å². The van der Waals surface area contributed by atoms with Crippen molar-refractivity contribution < 1.29 is 4.79 Å². The van der Waals surface area contributed by atoms with Crippen molar-refractivity contribution in [2.75, 3.05) is 13.1 Å². The standard InChI is InChI=1S/C19H19ClN6O2/c20-16-17(24-18(25-19(16)28)13-1-5-21-6-2-13)12-3-7-26(8-4-12)15(27)9-14-10-22-11-23-14/h1-2,5-6,10-12H,3-4,7-9H2,(H,22,23)(H,24,25,28). The van der Waals surface area contributed by atoms with E-state index in [-0.39, 0.29) is 22.4 Å². The first-order valence-corrected chi connectivity index (χ1v) is 9.44. The number of aromatic amines is 2. The number of carbonyl (C=O) groups excluding carboxylic acids is 1. The summed E-state index contributed by atoms with van der Waals surface area (Å²) >= 11 is 6.27. The Labute approximate surface area is 166 Å². The first kappa shape index (κ1) is 18.4. The van der Waals surface area contributed by atoms with Crippen molar-refractivity contribution in [3.8, 4) is 11.4 Å². The number of rotatable bonds is 4. The number of likely N-dealkylation sites (tertiary alicyclic amines) is 1. The van der Waals surface area contributed by atoms with Crippen molar-refractivity contribution in [2.45, 2.75) is 25.2 Å². The third-order valence-electron chi connectivity index (χ3n) is 4.97. The van der Waals surface area contributed by atoms with E-state index < -0.39 is 0 Å². The van der Waals surface area contributed by atoms with Gasteiger partial charge in [-0.3, -0.25) is 14.6 Å². The molecule has 0 atom stereocenters. The molecule has 4 heterocycles.